The molecule has 6 heteroatoms. The Morgan fingerprint density at radius 2 is 1.77 bits per heavy atom. The molecule has 0 fully saturated rings. The van der Waals surface area contributed by atoms with Crippen molar-refractivity contribution < 1.29 is 13.5 Å². The molecule has 0 saturated carbocycles. The van der Waals surface area contributed by atoms with Gasteiger partial charge >= 0.3 is 0 Å². The van der Waals surface area contributed by atoms with Crippen LogP contribution in [0.4, 0.5) is 8.78 Å². The van der Waals surface area contributed by atoms with Gasteiger partial charge in [0.2, 0.25) is 5.88 Å². The molecule has 0 unspecified atom stereocenters. The lowest BCUT2D eigenvalue weighted by Crippen LogP contribution is -2.06. The highest BCUT2D eigenvalue weighted by atomic mass is 19.1. The molecule has 150 valence electrons. The van der Waals surface area contributed by atoms with Crippen LogP contribution in [0.2, 0.25) is 0 Å². The number of halogens is 2. The van der Waals surface area contributed by atoms with Gasteiger partial charge in [-0.1, -0.05) is 24.3 Å². The van der Waals surface area contributed by atoms with E-state index in [4.69, 9.17) is 4.74 Å². The van der Waals surface area contributed by atoms with Gasteiger partial charge in [0.1, 0.15) is 35.5 Å². The predicted molar refractivity (Wildman–Crippen MR) is 110 cm³/mol. The highest BCUT2D eigenvalue weighted by Crippen LogP contribution is 2.33. The van der Waals surface area contributed by atoms with Gasteiger partial charge in [-0.3, -0.25) is 0 Å². The Labute approximate surface area is 173 Å². The van der Waals surface area contributed by atoms with Crippen molar-refractivity contribution >= 4 is 10.9 Å². The van der Waals surface area contributed by atoms with Crippen molar-refractivity contribution in [3.63, 3.8) is 0 Å². The number of rotatable bonds is 5. The number of fused-ring (bicyclic) bond motifs is 1. The normalized spacial score (nSPS) is 10.9. The molecule has 4 rings (SSSR count). The quantitative estimate of drug-likeness (QED) is 0.446. The number of pyridine rings is 1. The topological polar surface area (TPSA) is 50.8 Å². The van der Waals surface area contributed by atoms with Crippen LogP contribution < -0.4 is 4.74 Å². The summed E-state index contributed by atoms with van der Waals surface area (Å²) in [6.45, 7) is 4.57. The van der Waals surface area contributed by atoms with Gasteiger partial charge < -0.3 is 9.30 Å². The van der Waals surface area contributed by atoms with Crippen molar-refractivity contribution in [3.8, 4) is 11.9 Å². The van der Waals surface area contributed by atoms with Gasteiger partial charge in [-0.05, 0) is 60.9 Å². The summed E-state index contributed by atoms with van der Waals surface area (Å²) in [7, 11) is 0. The van der Waals surface area contributed by atoms with Crippen LogP contribution in [-0.4, -0.2) is 9.55 Å². The maximum absolute atomic E-state index is 13.7. The van der Waals surface area contributed by atoms with Crippen molar-refractivity contribution in [2.24, 2.45) is 0 Å². The van der Waals surface area contributed by atoms with Crippen LogP contribution in [0.25, 0.3) is 10.9 Å². The molecule has 4 nitrogen and oxygen atoms in total. The van der Waals surface area contributed by atoms with Crippen molar-refractivity contribution in [1.29, 1.82) is 5.26 Å². The number of ether oxygens (including phenoxy) is 1. The zero-order valence-electron chi connectivity index (χ0n) is 16.6. The average Bonchev–Trinajstić information content (AvgIpc) is 2.98. The summed E-state index contributed by atoms with van der Waals surface area (Å²) < 4.78 is 34.9. The van der Waals surface area contributed by atoms with E-state index in [0.29, 0.717) is 12.4 Å². The van der Waals surface area contributed by atoms with Crippen LogP contribution in [-0.2, 0) is 13.2 Å². The highest BCUT2D eigenvalue weighted by Gasteiger charge is 2.19. The first-order valence-electron chi connectivity index (χ1n) is 9.48. The van der Waals surface area contributed by atoms with E-state index in [0.717, 1.165) is 33.3 Å². The molecular formula is C24H19F2N3O. The number of nitriles is 1. The summed E-state index contributed by atoms with van der Waals surface area (Å²) in [5.41, 5.74) is 4.58. The van der Waals surface area contributed by atoms with Crippen molar-refractivity contribution in [3.05, 3.63) is 94.3 Å². The smallest absolute Gasteiger partial charge is 0.240 e. The minimum Gasteiger partial charge on any atom is -0.471 e. The molecule has 0 aliphatic rings. The molecule has 0 atom stereocenters. The van der Waals surface area contributed by atoms with Crippen molar-refractivity contribution in [1.82, 2.24) is 9.55 Å². The van der Waals surface area contributed by atoms with Gasteiger partial charge in [0.25, 0.3) is 0 Å². The lowest BCUT2D eigenvalue weighted by atomic mass is 10.1. The fraction of sp³-hybridized carbons (Fsp3) is 0.167. The average molecular weight is 403 g/mol. The van der Waals surface area contributed by atoms with E-state index >= 15 is 0 Å². The van der Waals surface area contributed by atoms with Gasteiger partial charge in [0.05, 0.1) is 0 Å². The standard InChI is InChI=1S/C24H19F2N3O/c1-15-16(2)29(13-18-4-3-5-20(26)10-18)23-22(15)11-21(12-27)28-24(23)30-14-17-6-8-19(25)9-7-17/h3-11H,13-14H2,1-2H3. The Bertz CT molecular complexity index is 1270. The number of hydrogen-bond acceptors (Lipinski definition) is 3. The molecule has 0 N–H and O–H groups in total. The van der Waals surface area contributed by atoms with E-state index in [-0.39, 0.29) is 23.9 Å². The number of aromatic nitrogens is 2. The van der Waals surface area contributed by atoms with Gasteiger partial charge in [0, 0.05) is 17.6 Å². The van der Waals surface area contributed by atoms with Crippen LogP contribution in [0.3, 0.4) is 0 Å². The molecule has 0 aliphatic carbocycles. The number of nitrogens with zero attached hydrogens (tertiary/aromatic N) is 3. The van der Waals surface area contributed by atoms with E-state index in [9.17, 15) is 14.0 Å². The number of benzene rings is 2. The molecule has 0 saturated heterocycles. The first-order valence-corrected chi connectivity index (χ1v) is 9.48. The third-order valence-corrected chi connectivity index (χ3v) is 5.22. The Kier molecular flexibility index (Phi) is 5.20. The Morgan fingerprint density at radius 3 is 2.47 bits per heavy atom. The third-order valence-electron chi connectivity index (χ3n) is 5.22. The second kappa shape index (κ2) is 7.96. The third kappa shape index (κ3) is 3.74. The molecule has 0 amide bonds. The molecule has 0 spiro atoms. The summed E-state index contributed by atoms with van der Waals surface area (Å²) in [6.07, 6.45) is 0. The minimum atomic E-state index is -0.319. The summed E-state index contributed by atoms with van der Waals surface area (Å²) in [5, 5.41) is 10.3. The molecule has 2 aromatic heterocycles. The second-order valence-corrected chi connectivity index (χ2v) is 7.16. The summed E-state index contributed by atoms with van der Waals surface area (Å²) in [4.78, 5) is 4.37. The zero-order chi connectivity index (χ0) is 21.3. The van der Waals surface area contributed by atoms with Gasteiger partial charge in [-0.25, -0.2) is 13.8 Å². The molecule has 2 aromatic carbocycles. The van der Waals surface area contributed by atoms with Gasteiger partial charge in [-0.2, -0.15) is 5.26 Å². The maximum atomic E-state index is 13.7. The minimum absolute atomic E-state index is 0.181. The summed E-state index contributed by atoms with van der Waals surface area (Å²) in [5.74, 6) is -0.294. The first kappa shape index (κ1) is 19.6. The Balaban J connectivity index is 1.80. The monoisotopic (exact) mass is 403 g/mol. The lowest BCUT2D eigenvalue weighted by molar-refractivity contribution is 0.296. The van der Waals surface area contributed by atoms with Crippen LogP contribution in [0.15, 0.2) is 54.6 Å². The first-order chi connectivity index (χ1) is 14.5. The van der Waals surface area contributed by atoms with Gasteiger partial charge in [-0.15, -0.1) is 0 Å². The number of hydrogen-bond donors (Lipinski definition) is 0. The van der Waals surface area contributed by atoms with E-state index in [1.165, 1.54) is 24.3 Å². The zero-order valence-corrected chi connectivity index (χ0v) is 16.6. The van der Waals surface area contributed by atoms with Crippen LogP contribution in [0.1, 0.15) is 28.1 Å². The fourth-order valence-electron chi connectivity index (χ4n) is 3.53. The molecular weight excluding hydrogens is 384 g/mol. The highest BCUT2D eigenvalue weighted by molar-refractivity contribution is 5.90. The summed E-state index contributed by atoms with van der Waals surface area (Å²) >= 11 is 0. The Morgan fingerprint density at radius 1 is 1.00 bits per heavy atom. The fourth-order valence-corrected chi connectivity index (χ4v) is 3.53. The van der Waals surface area contributed by atoms with E-state index in [2.05, 4.69) is 11.1 Å². The maximum Gasteiger partial charge on any atom is 0.240 e. The largest absolute Gasteiger partial charge is 0.471 e. The molecule has 30 heavy (non-hydrogen) atoms. The van der Waals surface area contributed by atoms with E-state index in [1.807, 2.05) is 24.5 Å². The second-order valence-electron chi connectivity index (χ2n) is 7.16. The molecule has 0 bridgehead atoms. The number of aryl methyl sites for hydroxylation is 1. The molecule has 0 aliphatic heterocycles. The molecule has 4 aromatic rings. The van der Waals surface area contributed by atoms with Crippen LogP contribution >= 0.6 is 0 Å². The molecule has 0 radical (unpaired) electrons. The van der Waals surface area contributed by atoms with Crippen molar-refractivity contribution in [2.45, 2.75) is 27.0 Å². The SMILES string of the molecule is Cc1c(C)n(Cc2cccc(F)c2)c2c(OCc3ccc(F)cc3)nc(C#N)cc12. The van der Waals surface area contributed by atoms with Crippen LogP contribution in [0.5, 0.6) is 5.88 Å². The van der Waals surface area contributed by atoms with E-state index in [1.54, 1.807) is 24.3 Å². The van der Waals surface area contributed by atoms with Crippen molar-refractivity contribution in [2.75, 3.05) is 0 Å². The Hall–Kier alpha value is -3.72. The molecule has 2 heterocycles. The lowest BCUT2D eigenvalue weighted by Gasteiger charge is -2.13. The summed E-state index contributed by atoms with van der Waals surface area (Å²) in [6, 6.07) is 16.3. The van der Waals surface area contributed by atoms with Crippen LogP contribution in [0, 0.1) is 36.8 Å². The predicted octanol–water partition coefficient (Wildman–Crippen LogP) is 5.43. The van der Waals surface area contributed by atoms with E-state index < -0.39 is 0 Å². The van der Waals surface area contributed by atoms with Gasteiger partial charge in [0.15, 0.2) is 0 Å².